The number of halogens is 1. The summed E-state index contributed by atoms with van der Waals surface area (Å²) in [5.74, 6) is 0. The molecule has 5 heteroatoms. The number of hydrogen-bond acceptors (Lipinski definition) is 3. The second-order valence-corrected chi connectivity index (χ2v) is 6.17. The number of aryl methyl sites for hydroxylation is 2. The summed E-state index contributed by atoms with van der Waals surface area (Å²) >= 11 is 6.37. The van der Waals surface area contributed by atoms with Crippen molar-refractivity contribution in [2.24, 2.45) is 7.05 Å². The lowest BCUT2D eigenvalue weighted by atomic mass is 10.1. The molecule has 21 heavy (non-hydrogen) atoms. The molecule has 0 aliphatic heterocycles. The number of nitrogens with zero attached hydrogens (tertiary/aromatic N) is 3. The van der Waals surface area contributed by atoms with Crippen LogP contribution in [-0.2, 0) is 20.1 Å². The normalized spacial score (nSPS) is 14.9. The van der Waals surface area contributed by atoms with E-state index in [1.54, 1.807) is 4.68 Å². The van der Waals surface area contributed by atoms with Crippen LogP contribution in [0.4, 0.5) is 5.69 Å². The summed E-state index contributed by atoms with van der Waals surface area (Å²) in [6.07, 6.45) is 2.51. The summed E-state index contributed by atoms with van der Waals surface area (Å²) in [7, 11) is 1.88. The third-order valence-corrected chi connectivity index (χ3v) is 4.60. The zero-order valence-electron chi connectivity index (χ0n) is 12.5. The van der Waals surface area contributed by atoms with Crippen LogP contribution < -0.4 is 5.73 Å². The highest BCUT2D eigenvalue weighted by Gasteiger charge is 2.30. The van der Waals surface area contributed by atoms with Gasteiger partial charge in [-0.25, -0.2) is 0 Å². The standard InChI is InChI=1S/C16H21ClN4/c1-11-14(16(17)20(2)19-11)10-21(13-7-8-13)9-12-5-3-4-6-15(12)18/h3-6,13H,7-10,18H2,1-2H3. The van der Waals surface area contributed by atoms with Crippen LogP contribution in [-0.4, -0.2) is 20.7 Å². The molecule has 2 aromatic rings. The largest absolute Gasteiger partial charge is 0.398 e. The summed E-state index contributed by atoms with van der Waals surface area (Å²) in [5.41, 5.74) is 10.3. The lowest BCUT2D eigenvalue weighted by Gasteiger charge is -2.23. The van der Waals surface area contributed by atoms with Gasteiger partial charge in [0.1, 0.15) is 5.15 Å². The first-order valence-electron chi connectivity index (χ1n) is 7.31. The fraction of sp³-hybridized carbons (Fsp3) is 0.438. The highest BCUT2D eigenvalue weighted by Crippen LogP contribution is 2.32. The number of benzene rings is 1. The van der Waals surface area contributed by atoms with Gasteiger partial charge in [0, 0.05) is 37.4 Å². The van der Waals surface area contributed by atoms with E-state index in [9.17, 15) is 0 Å². The van der Waals surface area contributed by atoms with Gasteiger partial charge in [-0.3, -0.25) is 9.58 Å². The zero-order chi connectivity index (χ0) is 15.0. The zero-order valence-corrected chi connectivity index (χ0v) is 13.3. The minimum atomic E-state index is 0.639. The van der Waals surface area contributed by atoms with Crippen LogP contribution in [0, 0.1) is 6.92 Å². The molecule has 0 unspecified atom stereocenters. The maximum absolute atomic E-state index is 6.37. The predicted octanol–water partition coefficient (Wildman–Crippen LogP) is 3.13. The van der Waals surface area contributed by atoms with Gasteiger partial charge in [-0.05, 0) is 31.4 Å². The van der Waals surface area contributed by atoms with E-state index in [1.165, 1.54) is 18.4 Å². The molecule has 1 aromatic carbocycles. The van der Waals surface area contributed by atoms with Gasteiger partial charge in [-0.1, -0.05) is 29.8 Å². The third kappa shape index (κ3) is 3.06. The van der Waals surface area contributed by atoms with Gasteiger partial charge < -0.3 is 5.73 Å². The number of anilines is 1. The first-order valence-corrected chi connectivity index (χ1v) is 7.69. The quantitative estimate of drug-likeness (QED) is 0.863. The van der Waals surface area contributed by atoms with E-state index in [0.29, 0.717) is 6.04 Å². The van der Waals surface area contributed by atoms with Gasteiger partial charge in [0.2, 0.25) is 0 Å². The molecule has 1 saturated carbocycles. The molecule has 0 spiro atoms. The molecule has 0 radical (unpaired) electrons. The summed E-state index contributed by atoms with van der Waals surface area (Å²) in [6, 6.07) is 8.72. The highest BCUT2D eigenvalue weighted by atomic mass is 35.5. The Kier molecular flexibility index (Phi) is 3.91. The van der Waals surface area contributed by atoms with Crippen molar-refractivity contribution in [2.45, 2.75) is 38.9 Å². The Bertz CT molecular complexity index is 646. The highest BCUT2D eigenvalue weighted by molar-refractivity contribution is 6.30. The third-order valence-electron chi connectivity index (χ3n) is 4.12. The minimum Gasteiger partial charge on any atom is -0.398 e. The molecule has 0 saturated heterocycles. The van der Waals surface area contributed by atoms with E-state index in [2.05, 4.69) is 16.1 Å². The van der Waals surface area contributed by atoms with Gasteiger partial charge in [0.15, 0.2) is 0 Å². The molecule has 0 atom stereocenters. The van der Waals surface area contributed by atoms with E-state index in [4.69, 9.17) is 17.3 Å². The van der Waals surface area contributed by atoms with E-state index in [-0.39, 0.29) is 0 Å². The van der Waals surface area contributed by atoms with Crippen molar-refractivity contribution >= 4 is 17.3 Å². The molecule has 1 fully saturated rings. The number of nitrogens with two attached hydrogens (primary N) is 1. The second-order valence-electron chi connectivity index (χ2n) is 5.81. The van der Waals surface area contributed by atoms with Crippen LogP contribution in [0.25, 0.3) is 0 Å². The van der Waals surface area contributed by atoms with Crippen LogP contribution in [0.2, 0.25) is 5.15 Å². The Labute approximate surface area is 130 Å². The Hall–Kier alpha value is -1.52. The number of rotatable bonds is 5. The van der Waals surface area contributed by atoms with E-state index in [1.807, 2.05) is 32.2 Å². The van der Waals surface area contributed by atoms with Crippen molar-refractivity contribution in [3.63, 3.8) is 0 Å². The Morgan fingerprint density at radius 3 is 2.62 bits per heavy atom. The average molecular weight is 305 g/mol. The minimum absolute atomic E-state index is 0.639. The van der Waals surface area contributed by atoms with E-state index < -0.39 is 0 Å². The maximum atomic E-state index is 6.37. The summed E-state index contributed by atoms with van der Waals surface area (Å²) < 4.78 is 1.74. The van der Waals surface area contributed by atoms with Gasteiger partial charge in [-0.2, -0.15) is 5.10 Å². The van der Waals surface area contributed by atoms with E-state index >= 15 is 0 Å². The molecule has 4 nitrogen and oxygen atoms in total. The smallest absolute Gasteiger partial charge is 0.131 e. The maximum Gasteiger partial charge on any atom is 0.131 e. The molecular formula is C16H21ClN4. The Morgan fingerprint density at radius 2 is 2.05 bits per heavy atom. The molecule has 112 valence electrons. The Morgan fingerprint density at radius 1 is 1.33 bits per heavy atom. The first-order chi connectivity index (χ1) is 10.1. The van der Waals surface area contributed by atoms with Crippen LogP contribution in [0.1, 0.15) is 29.7 Å². The monoisotopic (exact) mass is 304 g/mol. The van der Waals surface area contributed by atoms with E-state index in [0.717, 1.165) is 35.2 Å². The topological polar surface area (TPSA) is 47.1 Å². The van der Waals surface area contributed by atoms with Crippen LogP contribution >= 0.6 is 11.6 Å². The molecule has 1 aliphatic carbocycles. The van der Waals surface area contributed by atoms with Crippen molar-refractivity contribution in [2.75, 3.05) is 5.73 Å². The molecule has 1 aliphatic rings. The molecule has 3 rings (SSSR count). The Balaban J connectivity index is 1.81. The molecule has 1 heterocycles. The van der Waals surface area contributed by atoms with Gasteiger partial charge in [0.25, 0.3) is 0 Å². The van der Waals surface area contributed by atoms with Gasteiger partial charge >= 0.3 is 0 Å². The number of aromatic nitrogens is 2. The lowest BCUT2D eigenvalue weighted by Crippen LogP contribution is -2.25. The van der Waals surface area contributed by atoms with Gasteiger partial charge in [0.05, 0.1) is 5.69 Å². The number of hydrogen-bond donors (Lipinski definition) is 1. The molecular weight excluding hydrogens is 284 g/mol. The molecule has 1 aromatic heterocycles. The fourth-order valence-corrected chi connectivity index (χ4v) is 2.94. The first kappa shape index (κ1) is 14.4. The van der Waals surface area contributed by atoms with Crippen molar-refractivity contribution in [3.8, 4) is 0 Å². The summed E-state index contributed by atoms with van der Waals surface area (Å²) in [5, 5.41) is 5.14. The fourth-order valence-electron chi connectivity index (χ4n) is 2.71. The van der Waals surface area contributed by atoms with Crippen LogP contribution in [0.3, 0.4) is 0 Å². The van der Waals surface area contributed by atoms with Crippen LogP contribution in [0.5, 0.6) is 0 Å². The van der Waals surface area contributed by atoms with Crippen molar-refractivity contribution in [3.05, 3.63) is 46.2 Å². The molecule has 0 bridgehead atoms. The summed E-state index contributed by atoms with van der Waals surface area (Å²) in [6.45, 7) is 3.71. The lowest BCUT2D eigenvalue weighted by molar-refractivity contribution is 0.246. The van der Waals surface area contributed by atoms with Crippen LogP contribution in [0.15, 0.2) is 24.3 Å². The average Bonchev–Trinajstić information content (AvgIpc) is 3.25. The van der Waals surface area contributed by atoms with Crippen molar-refractivity contribution < 1.29 is 0 Å². The summed E-state index contributed by atoms with van der Waals surface area (Å²) in [4.78, 5) is 2.46. The second kappa shape index (κ2) is 5.70. The number of para-hydroxylation sites is 1. The molecule has 2 N–H and O–H groups in total. The van der Waals surface area contributed by atoms with Crippen molar-refractivity contribution in [1.82, 2.24) is 14.7 Å². The van der Waals surface area contributed by atoms with Crippen molar-refractivity contribution in [1.29, 1.82) is 0 Å². The number of nitrogen functional groups attached to an aromatic ring is 1. The SMILES string of the molecule is Cc1nn(C)c(Cl)c1CN(Cc1ccccc1N)C1CC1. The predicted molar refractivity (Wildman–Crippen MR) is 86.1 cm³/mol. The van der Waals surface area contributed by atoms with Gasteiger partial charge in [-0.15, -0.1) is 0 Å². The molecule has 0 amide bonds.